The third-order valence-electron chi connectivity index (χ3n) is 5.18. The first kappa shape index (κ1) is 19.1. The van der Waals surface area contributed by atoms with Crippen molar-refractivity contribution < 1.29 is 0 Å². The highest BCUT2D eigenvalue weighted by molar-refractivity contribution is 7.98. The summed E-state index contributed by atoms with van der Waals surface area (Å²) in [6, 6.07) is 19.1. The molecule has 142 valence electrons. The first-order valence-electron chi connectivity index (χ1n) is 9.48. The molecule has 0 atom stereocenters. The molecule has 0 unspecified atom stereocenters. The van der Waals surface area contributed by atoms with E-state index < -0.39 is 0 Å². The van der Waals surface area contributed by atoms with Gasteiger partial charge in [-0.2, -0.15) is 0 Å². The molecular weight excluding hydrogens is 384 g/mol. The van der Waals surface area contributed by atoms with E-state index in [0.717, 1.165) is 28.6 Å². The number of aryl methyl sites for hydroxylation is 1. The maximum atomic E-state index is 6.48. The first-order chi connectivity index (χ1) is 13.6. The Kier molecular flexibility index (Phi) is 5.47. The number of thioether (sulfide) groups is 1. The molecule has 0 aliphatic heterocycles. The van der Waals surface area contributed by atoms with E-state index in [1.165, 1.54) is 33.3 Å². The second-order valence-electron chi connectivity index (χ2n) is 6.96. The number of halogens is 1. The fraction of sp³-hybridized carbons (Fsp3) is 0.208. The van der Waals surface area contributed by atoms with Crippen LogP contribution < -0.4 is 0 Å². The van der Waals surface area contributed by atoms with Gasteiger partial charge in [-0.1, -0.05) is 54.4 Å². The predicted octanol–water partition coefficient (Wildman–Crippen LogP) is 7.00. The van der Waals surface area contributed by atoms with Crippen LogP contribution in [0.15, 0.2) is 65.8 Å². The third-order valence-corrected chi connectivity index (χ3v) is 6.21. The standard InChI is InChI=1S/C24H23ClN2S/c1-4-21-24(17-10-12-23(28-3)26-14-17)19-13-16(2)9-11-22(19)27(21)15-18-7-5-6-8-20(18)25/h5-14H,4,15H2,1-3H3. The molecule has 0 spiro atoms. The molecule has 2 nitrogen and oxygen atoms in total. The molecule has 4 heteroatoms. The summed E-state index contributed by atoms with van der Waals surface area (Å²) in [5.41, 5.74) is 7.42. The molecule has 4 aromatic rings. The Balaban J connectivity index is 1.96. The second-order valence-corrected chi connectivity index (χ2v) is 8.20. The number of aromatic nitrogens is 2. The molecule has 0 fully saturated rings. The normalized spacial score (nSPS) is 11.3. The summed E-state index contributed by atoms with van der Waals surface area (Å²) < 4.78 is 2.41. The topological polar surface area (TPSA) is 17.8 Å². The lowest BCUT2D eigenvalue weighted by molar-refractivity contribution is 0.778. The van der Waals surface area contributed by atoms with Gasteiger partial charge in [0.1, 0.15) is 0 Å². The lowest BCUT2D eigenvalue weighted by Gasteiger charge is -2.12. The number of pyridine rings is 1. The SMILES string of the molecule is CCc1c(-c2ccc(SC)nc2)c2cc(C)ccc2n1Cc1ccccc1Cl. The molecule has 0 saturated carbocycles. The molecule has 0 saturated heterocycles. The second kappa shape index (κ2) is 8.02. The van der Waals surface area contributed by atoms with Gasteiger partial charge in [0.05, 0.1) is 5.03 Å². The van der Waals surface area contributed by atoms with E-state index in [9.17, 15) is 0 Å². The summed E-state index contributed by atoms with van der Waals surface area (Å²) in [5, 5.41) is 3.13. The summed E-state index contributed by atoms with van der Waals surface area (Å²) >= 11 is 8.14. The number of fused-ring (bicyclic) bond motifs is 1. The Morgan fingerprint density at radius 1 is 1.07 bits per heavy atom. The largest absolute Gasteiger partial charge is 0.339 e. The fourth-order valence-electron chi connectivity index (χ4n) is 3.84. The van der Waals surface area contributed by atoms with Gasteiger partial charge in [0.15, 0.2) is 0 Å². The molecule has 0 radical (unpaired) electrons. The highest BCUT2D eigenvalue weighted by Crippen LogP contribution is 2.37. The number of hydrogen-bond donors (Lipinski definition) is 0. The highest BCUT2D eigenvalue weighted by Gasteiger charge is 2.18. The van der Waals surface area contributed by atoms with Crippen molar-refractivity contribution in [1.82, 2.24) is 9.55 Å². The van der Waals surface area contributed by atoms with Gasteiger partial charge in [-0.05, 0) is 49.4 Å². The number of rotatable bonds is 5. The van der Waals surface area contributed by atoms with Crippen molar-refractivity contribution in [2.75, 3.05) is 6.26 Å². The van der Waals surface area contributed by atoms with Crippen LogP contribution in [0.1, 0.15) is 23.7 Å². The molecule has 0 amide bonds. The van der Waals surface area contributed by atoms with Crippen molar-refractivity contribution in [2.24, 2.45) is 0 Å². The monoisotopic (exact) mass is 406 g/mol. The van der Waals surface area contributed by atoms with Crippen molar-refractivity contribution in [3.8, 4) is 11.1 Å². The first-order valence-corrected chi connectivity index (χ1v) is 11.1. The van der Waals surface area contributed by atoms with Crippen LogP contribution in [0.25, 0.3) is 22.0 Å². The molecule has 0 bridgehead atoms. The van der Waals surface area contributed by atoms with Crippen LogP contribution in [0.3, 0.4) is 0 Å². The van der Waals surface area contributed by atoms with Crippen LogP contribution in [0.4, 0.5) is 0 Å². The Morgan fingerprint density at radius 2 is 1.89 bits per heavy atom. The van der Waals surface area contributed by atoms with E-state index in [4.69, 9.17) is 11.6 Å². The van der Waals surface area contributed by atoms with Crippen LogP contribution in [-0.4, -0.2) is 15.8 Å². The van der Waals surface area contributed by atoms with Crippen molar-refractivity contribution in [3.05, 3.63) is 82.6 Å². The number of benzene rings is 2. The van der Waals surface area contributed by atoms with E-state index in [0.29, 0.717) is 0 Å². The van der Waals surface area contributed by atoms with E-state index >= 15 is 0 Å². The van der Waals surface area contributed by atoms with Crippen LogP contribution in [0.2, 0.25) is 5.02 Å². The van der Waals surface area contributed by atoms with Crippen molar-refractivity contribution in [3.63, 3.8) is 0 Å². The van der Waals surface area contributed by atoms with Gasteiger partial charge in [0, 0.05) is 45.5 Å². The summed E-state index contributed by atoms with van der Waals surface area (Å²) in [5.74, 6) is 0. The lowest BCUT2D eigenvalue weighted by Crippen LogP contribution is -2.05. The van der Waals surface area contributed by atoms with Crippen molar-refractivity contribution >= 4 is 34.3 Å². The van der Waals surface area contributed by atoms with Gasteiger partial charge in [-0.3, -0.25) is 0 Å². The van der Waals surface area contributed by atoms with Crippen LogP contribution in [0, 0.1) is 6.92 Å². The molecule has 0 aliphatic carbocycles. The molecule has 0 N–H and O–H groups in total. The smallest absolute Gasteiger partial charge is 0.0957 e. The Bertz CT molecular complexity index is 1130. The van der Waals surface area contributed by atoms with Gasteiger partial charge in [0.2, 0.25) is 0 Å². The fourth-order valence-corrected chi connectivity index (χ4v) is 4.40. The van der Waals surface area contributed by atoms with E-state index in [-0.39, 0.29) is 0 Å². The zero-order valence-electron chi connectivity index (χ0n) is 16.4. The molecule has 2 aromatic carbocycles. The van der Waals surface area contributed by atoms with Crippen LogP contribution in [0.5, 0.6) is 0 Å². The Morgan fingerprint density at radius 3 is 2.57 bits per heavy atom. The minimum Gasteiger partial charge on any atom is -0.339 e. The summed E-state index contributed by atoms with van der Waals surface area (Å²) in [6.45, 7) is 5.13. The Hall–Kier alpha value is -2.23. The maximum absolute atomic E-state index is 6.48. The molecule has 2 aromatic heterocycles. The molecule has 2 heterocycles. The minimum atomic E-state index is 0.763. The van der Waals surface area contributed by atoms with E-state index in [2.05, 4.69) is 72.1 Å². The average molecular weight is 407 g/mol. The lowest BCUT2D eigenvalue weighted by atomic mass is 10.0. The third kappa shape index (κ3) is 3.45. The average Bonchev–Trinajstić information content (AvgIpc) is 3.02. The Labute approximate surface area is 175 Å². The zero-order valence-corrected chi connectivity index (χ0v) is 17.9. The molecule has 0 aliphatic rings. The highest BCUT2D eigenvalue weighted by atomic mass is 35.5. The van der Waals surface area contributed by atoms with Crippen LogP contribution in [-0.2, 0) is 13.0 Å². The summed E-state index contributed by atoms with van der Waals surface area (Å²) in [6.07, 6.45) is 5.00. The van der Waals surface area contributed by atoms with Gasteiger partial charge in [-0.15, -0.1) is 11.8 Å². The predicted molar refractivity (Wildman–Crippen MR) is 122 cm³/mol. The summed E-state index contributed by atoms with van der Waals surface area (Å²) in [4.78, 5) is 4.62. The van der Waals surface area contributed by atoms with E-state index in [1.54, 1.807) is 11.8 Å². The van der Waals surface area contributed by atoms with Gasteiger partial charge in [-0.25, -0.2) is 4.98 Å². The molecule has 28 heavy (non-hydrogen) atoms. The molecular formula is C24H23ClN2S. The van der Waals surface area contributed by atoms with Crippen LogP contribution >= 0.6 is 23.4 Å². The van der Waals surface area contributed by atoms with E-state index in [1.807, 2.05) is 18.3 Å². The quantitative estimate of drug-likeness (QED) is 0.332. The van der Waals surface area contributed by atoms with Crippen molar-refractivity contribution in [1.29, 1.82) is 0 Å². The minimum absolute atomic E-state index is 0.763. The van der Waals surface area contributed by atoms with Gasteiger partial charge >= 0.3 is 0 Å². The number of hydrogen-bond acceptors (Lipinski definition) is 2. The summed E-state index contributed by atoms with van der Waals surface area (Å²) in [7, 11) is 0. The van der Waals surface area contributed by atoms with Gasteiger partial charge < -0.3 is 4.57 Å². The van der Waals surface area contributed by atoms with Gasteiger partial charge in [0.25, 0.3) is 0 Å². The zero-order chi connectivity index (χ0) is 19.7. The molecule has 4 rings (SSSR count). The number of nitrogens with zero attached hydrogens (tertiary/aromatic N) is 2. The van der Waals surface area contributed by atoms with Crippen molar-refractivity contribution in [2.45, 2.75) is 31.8 Å². The maximum Gasteiger partial charge on any atom is 0.0957 e.